The van der Waals surface area contributed by atoms with E-state index in [1.807, 2.05) is 6.07 Å². The lowest BCUT2D eigenvalue weighted by molar-refractivity contribution is -0.137. The molecule has 7 heteroatoms. The summed E-state index contributed by atoms with van der Waals surface area (Å²) in [7, 11) is 0. The number of rotatable bonds is 3. The predicted octanol–water partition coefficient (Wildman–Crippen LogP) is 4.76. The molecule has 1 amide bonds. The molecule has 1 fully saturated rings. The maximum absolute atomic E-state index is 12.8. The van der Waals surface area contributed by atoms with Gasteiger partial charge in [-0.25, -0.2) is 4.79 Å². The van der Waals surface area contributed by atoms with Crippen LogP contribution in [0.4, 0.5) is 18.0 Å². The number of fused-ring (bicyclic) bond motifs is 1. The van der Waals surface area contributed by atoms with Crippen LogP contribution in [-0.4, -0.2) is 17.5 Å². The molecule has 4 nitrogen and oxygen atoms in total. The van der Waals surface area contributed by atoms with Crippen molar-refractivity contribution < 1.29 is 27.9 Å². The van der Waals surface area contributed by atoms with Gasteiger partial charge in [0.05, 0.1) is 5.56 Å². The zero-order valence-electron chi connectivity index (χ0n) is 14.8. The quantitative estimate of drug-likeness (QED) is 0.744. The number of aldehydes is 1. The molecule has 1 saturated carbocycles. The molecule has 0 radical (unpaired) electrons. The maximum atomic E-state index is 12.8. The molecule has 2 aliphatic carbocycles. The van der Waals surface area contributed by atoms with Crippen molar-refractivity contribution >= 4 is 12.4 Å². The molecule has 0 heterocycles. The summed E-state index contributed by atoms with van der Waals surface area (Å²) in [6.45, 7) is 0. The Morgan fingerprint density at radius 1 is 1.04 bits per heavy atom. The largest absolute Gasteiger partial charge is 0.465 e. The van der Waals surface area contributed by atoms with Gasteiger partial charge in [-0.2, -0.15) is 13.2 Å². The normalized spacial score (nSPS) is 22.4. The van der Waals surface area contributed by atoms with Gasteiger partial charge in [-0.15, -0.1) is 0 Å². The van der Waals surface area contributed by atoms with Gasteiger partial charge in [-0.1, -0.05) is 30.3 Å². The van der Waals surface area contributed by atoms with E-state index in [1.54, 1.807) is 12.1 Å². The average Bonchev–Trinajstić information content (AvgIpc) is 3.44. The van der Waals surface area contributed by atoms with Gasteiger partial charge < -0.3 is 15.2 Å². The summed E-state index contributed by atoms with van der Waals surface area (Å²) in [6, 6.07) is 10.2. The van der Waals surface area contributed by atoms with Gasteiger partial charge in [0.1, 0.15) is 5.54 Å². The summed E-state index contributed by atoms with van der Waals surface area (Å²) in [6.07, 6.45) is -1.99. The van der Waals surface area contributed by atoms with Crippen LogP contribution in [0, 0.1) is 5.41 Å². The fourth-order valence-corrected chi connectivity index (χ4v) is 4.46. The van der Waals surface area contributed by atoms with Crippen LogP contribution in [0.25, 0.3) is 11.1 Å². The Kier molecular flexibility index (Phi) is 4.03. The van der Waals surface area contributed by atoms with Crippen LogP contribution < -0.4 is 5.32 Å². The van der Waals surface area contributed by atoms with Crippen LogP contribution in [-0.2, 0) is 22.9 Å². The molecule has 2 aliphatic rings. The number of nitrogens with one attached hydrogen (secondary N) is 1. The van der Waals surface area contributed by atoms with Crippen molar-refractivity contribution in [2.24, 2.45) is 5.41 Å². The van der Waals surface area contributed by atoms with Gasteiger partial charge in [-0.05, 0) is 60.1 Å². The van der Waals surface area contributed by atoms with Crippen molar-refractivity contribution in [3.63, 3.8) is 0 Å². The summed E-state index contributed by atoms with van der Waals surface area (Å²) >= 11 is 0. The van der Waals surface area contributed by atoms with Crippen LogP contribution in [0.5, 0.6) is 0 Å². The lowest BCUT2D eigenvalue weighted by Crippen LogP contribution is -2.55. The Morgan fingerprint density at radius 3 is 2.21 bits per heavy atom. The standard InChI is InChI=1S/C21H18F3NO3/c22-21(23,24)16-4-1-13(2-5-16)14-3-6-17-15(11-14)7-8-19(9-10-19)20(17,12-26)25-18(27)28/h1-6,11-12,25H,7-10H2,(H,27,28)/t20-/m1/s1. The number of hydrogen-bond donors (Lipinski definition) is 2. The number of aryl methyl sites for hydroxylation is 1. The number of benzene rings is 2. The highest BCUT2D eigenvalue weighted by Gasteiger charge is 2.63. The summed E-state index contributed by atoms with van der Waals surface area (Å²) in [5.74, 6) is 0. The molecule has 0 bridgehead atoms. The Labute approximate surface area is 159 Å². The zero-order chi connectivity index (χ0) is 20.2. The van der Waals surface area contributed by atoms with Gasteiger partial charge in [0.2, 0.25) is 0 Å². The van der Waals surface area contributed by atoms with E-state index in [9.17, 15) is 27.9 Å². The van der Waals surface area contributed by atoms with E-state index < -0.39 is 23.4 Å². The predicted molar refractivity (Wildman–Crippen MR) is 95.8 cm³/mol. The summed E-state index contributed by atoms with van der Waals surface area (Å²) < 4.78 is 38.3. The molecular formula is C21H18F3NO3. The number of carboxylic acid groups (broad SMARTS) is 1. The molecule has 0 aromatic heterocycles. The zero-order valence-corrected chi connectivity index (χ0v) is 14.8. The van der Waals surface area contributed by atoms with E-state index in [4.69, 9.17) is 0 Å². The van der Waals surface area contributed by atoms with Crippen LogP contribution in [0.3, 0.4) is 0 Å². The lowest BCUT2D eigenvalue weighted by atomic mass is 9.67. The first-order valence-electron chi connectivity index (χ1n) is 8.99. The second-order valence-corrected chi connectivity index (χ2v) is 7.58. The minimum atomic E-state index is -4.39. The average molecular weight is 389 g/mol. The molecule has 0 unspecified atom stereocenters. The molecular weight excluding hydrogens is 371 g/mol. The number of amides is 1. The van der Waals surface area contributed by atoms with Crippen molar-refractivity contribution in [3.05, 3.63) is 59.2 Å². The first kappa shape index (κ1) is 18.5. The van der Waals surface area contributed by atoms with Gasteiger partial charge in [0.25, 0.3) is 0 Å². The molecule has 1 atom stereocenters. The SMILES string of the molecule is O=C[C@@]1(NC(=O)O)c2ccc(-c3ccc(C(F)(F)F)cc3)cc2CCC12CC2. The third kappa shape index (κ3) is 2.77. The van der Waals surface area contributed by atoms with Crippen LogP contribution in [0.1, 0.15) is 36.0 Å². The van der Waals surface area contributed by atoms with E-state index in [-0.39, 0.29) is 5.41 Å². The highest BCUT2D eigenvalue weighted by atomic mass is 19.4. The lowest BCUT2D eigenvalue weighted by Gasteiger charge is -2.42. The van der Waals surface area contributed by atoms with Gasteiger partial charge in [0.15, 0.2) is 6.29 Å². The summed E-state index contributed by atoms with van der Waals surface area (Å²) in [4.78, 5) is 23.5. The summed E-state index contributed by atoms with van der Waals surface area (Å²) in [5.41, 5.74) is 0.483. The Balaban J connectivity index is 1.75. The molecule has 28 heavy (non-hydrogen) atoms. The second-order valence-electron chi connectivity index (χ2n) is 7.58. The first-order valence-corrected chi connectivity index (χ1v) is 8.99. The van der Waals surface area contributed by atoms with Gasteiger partial charge in [-0.3, -0.25) is 0 Å². The highest BCUT2D eigenvalue weighted by Crippen LogP contribution is 2.63. The van der Waals surface area contributed by atoms with Crippen LogP contribution in [0.2, 0.25) is 0 Å². The number of hydrogen-bond acceptors (Lipinski definition) is 2. The van der Waals surface area contributed by atoms with Crippen molar-refractivity contribution in [1.29, 1.82) is 0 Å². The number of halogens is 3. The van der Waals surface area contributed by atoms with Crippen LogP contribution in [0.15, 0.2) is 42.5 Å². The minimum absolute atomic E-state index is 0.379. The number of carbonyl (C=O) groups is 2. The monoisotopic (exact) mass is 389 g/mol. The molecule has 4 rings (SSSR count). The van der Waals surface area contributed by atoms with E-state index in [2.05, 4.69) is 5.32 Å². The smallest absolute Gasteiger partial charge is 0.416 e. The van der Waals surface area contributed by atoms with E-state index in [0.717, 1.165) is 36.1 Å². The van der Waals surface area contributed by atoms with Crippen molar-refractivity contribution in [2.45, 2.75) is 37.4 Å². The van der Waals surface area contributed by atoms with Crippen molar-refractivity contribution in [3.8, 4) is 11.1 Å². The van der Waals surface area contributed by atoms with Gasteiger partial charge >= 0.3 is 12.3 Å². The van der Waals surface area contributed by atoms with E-state index in [1.165, 1.54) is 12.1 Å². The molecule has 1 spiro atoms. The third-order valence-electron chi connectivity index (χ3n) is 6.12. The number of alkyl halides is 3. The van der Waals surface area contributed by atoms with E-state index in [0.29, 0.717) is 30.3 Å². The van der Waals surface area contributed by atoms with E-state index >= 15 is 0 Å². The first-order chi connectivity index (χ1) is 13.2. The van der Waals surface area contributed by atoms with Crippen LogP contribution >= 0.6 is 0 Å². The Bertz CT molecular complexity index is 948. The molecule has 146 valence electrons. The van der Waals surface area contributed by atoms with Crippen molar-refractivity contribution in [2.75, 3.05) is 0 Å². The Morgan fingerprint density at radius 2 is 1.68 bits per heavy atom. The number of carbonyl (C=O) groups excluding carboxylic acids is 1. The third-order valence-corrected chi connectivity index (χ3v) is 6.12. The molecule has 2 N–H and O–H groups in total. The van der Waals surface area contributed by atoms with Gasteiger partial charge in [0, 0.05) is 5.41 Å². The minimum Gasteiger partial charge on any atom is -0.465 e. The highest BCUT2D eigenvalue weighted by molar-refractivity contribution is 5.81. The molecule has 2 aromatic carbocycles. The van der Waals surface area contributed by atoms with Crippen molar-refractivity contribution in [1.82, 2.24) is 5.32 Å². The topological polar surface area (TPSA) is 66.4 Å². The Hall–Kier alpha value is -2.83. The summed E-state index contributed by atoms with van der Waals surface area (Å²) in [5, 5.41) is 11.8. The molecule has 2 aromatic rings. The molecule has 0 saturated heterocycles. The fraction of sp³-hybridized carbons (Fsp3) is 0.333. The maximum Gasteiger partial charge on any atom is 0.416 e. The fourth-order valence-electron chi connectivity index (χ4n) is 4.46. The molecule has 0 aliphatic heterocycles. The second kappa shape index (κ2) is 6.09.